The van der Waals surface area contributed by atoms with Gasteiger partial charge in [-0.15, -0.1) is 0 Å². The molecule has 1 aliphatic carbocycles. The van der Waals surface area contributed by atoms with Gasteiger partial charge in [0.15, 0.2) is 0 Å². The first kappa shape index (κ1) is 19.8. The van der Waals surface area contributed by atoms with Crippen LogP contribution in [0.5, 0.6) is 0 Å². The van der Waals surface area contributed by atoms with Crippen LogP contribution in [-0.4, -0.2) is 77.7 Å². The molecule has 0 spiro atoms. The summed E-state index contributed by atoms with van der Waals surface area (Å²) >= 11 is 0. The van der Waals surface area contributed by atoms with E-state index in [9.17, 15) is 24.0 Å². The molecular formula is C18H25N5O5. The highest BCUT2D eigenvalue weighted by Crippen LogP contribution is 2.21. The Kier molecular flexibility index (Phi) is 5.96. The Morgan fingerprint density at radius 1 is 1.21 bits per heavy atom. The number of nitrogens with one attached hydrogen (secondary N) is 3. The third kappa shape index (κ3) is 4.00. The number of imide groups is 1. The summed E-state index contributed by atoms with van der Waals surface area (Å²) in [5.74, 6) is -2.39. The molecule has 10 nitrogen and oxygen atoms in total. The second-order valence-corrected chi connectivity index (χ2v) is 7.06. The molecule has 2 saturated heterocycles. The van der Waals surface area contributed by atoms with Crippen molar-refractivity contribution in [2.45, 2.75) is 44.7 Å². The lowest BCUT2D eigenvalue weighted by molar-refractivity contribution is -0.153. The monoisotopic (exact) mass is 391 g/mol. The average Bonchev–Trinajstić information content (AvgIpc) is 2.71. The zero-order valence-electron chi connectivity index (χ0n) is 15.8. The van der Waals surface area contributed by atoms with Crippen LogP contribution in [0.15, 0.2) is 11.6 Å². The van der Waals surface area contributed by atoms with Gasteiger partial charge in [0.05, 0.1) is 0 Å². The van der Waals surface area contributed by atoms with Crippen LogP contribution in [0.4, 0.5) is 4.79 Å². The topological polar surface area (TPSA) is 128 Å². The van der Waals surface area contributed by atoms with Crippen molar-refractivity contribution >= 4 is 29.7 Å². The predicted molar refractivity (Wildman–Crippen MR) is 97.8 cm³/mol. The summed E-state index contributed by atoms with van der Waals surface area (Å²) in [6, 6.07) is -2.38. The van der Waals surface area contributed by atoms with Crippen molar-refractivity contribution in [1.82, 2.24) is 25.8 Å². The van der Waals surface area contributed by atoms with Gasteiger partial charge in [-0.25, -0.2) is 4.79 Å². The lowest BCUT2D eigenvalue weighted by atomic mass is 9.93. The van der Waals surface area contributed by atoms with Gasteiger partial charge in [0.25, 0.3) is 0 Å². The van der Waals surface area contributed by atoms with E-state index < -0.39 is 35.8 Å². The highest BCUT2D eigenvalue weighted by molar-refractivity contribution is 6.38. The van der Waals surface area contributed by atoms with Gasteiger partial charge in [0, 0.05) is 26.2 Å². The molecule has 2 aliphatic heterocycles. The molecular weight excluding hydrogens is 366 g/mol. The molecule has 3 N–H and O–H groups in total. The summed E-state index contributed by atoms with van der Waals surface area (Å²) in [5.41, 5.74) is 0.753. The van der Waals surface area contributed by atoms with Crippen molar-refractivity contribution < 1.29 is 24.0 Å². The van der Waals surface area contributed by atoms with Crippen molar-refractivity contribution in [1.29, 1.82) is 0 Å². The number of nitrogens with zero attached hydrogens (tertiary/aromatic N) is 2. The van der Waals surface area contributed by atoms with Crippen LogP contribution in [0.1, 0.15) is 32.6 Å². The minimum absolute atomic E-state index is 0.0721. The van der Waals surface area contributed by atoms with Crippen LogP contribution in [0.3, 0.4) is 0 Å². The normalized spacial score (nSPS) is 23.4. The van der Waals surface area contributed by atoms with Gasteiger partial charge >= 0.3 is 17.8 Å². The lowest BCUT2D eigenvalue weighted by Crippen LogP contribution is -2.65. The zero-order chi connectivity index (χ0) is 20.3. The van der Waals surface area contributed by atoms with Crippen molar-refractivity contribution in [3.8, 4) is 0 Å². The Morgan fingerprint density at radius 2 is 2.00 bits per heavy atom. The molecule has 28 heavy (non-hydrogen) atoms. The molecule has 2 unspecified atom stereocenters. The van der Waals surface area contributed by atoms with E-state index in [0.29, 0.717) is 19.5 Å². The van der Waals surface area contributed by atoms with Crippen LogP contribution in [0.25, 0.3) is 0 Å². The molecule has 0 bridgehead atoms. The van der Waals surface area contributed by atoms with E-state index in [-0.39, 0.29) is 19.0 Å². The number of piperazine rings is 1. The summed E-state index contributed by atoms with van der Waals surface area (Å²) in [6.07, 6.45) is 5.25. The molecule has 0 saturated carbocycles. The fourth-order valence-corrected chi connectivity index (χ4v) is 3.48. The van der Waals surface area contributed by atoms with Crippen molar-refractivity contribution in [3.05, 3.63) is 11.6 Å². The zero-order valence-corrected chi connectivity index (χ0v) is 15.8. The van der Waals surface area contributed by atoms with E-state index in [4.69, 9.17) is 0 Å². The first-order chi connectivity index (χ1) is 13.4. The summed E-state index contributed by atoms with van der Waals surface area (Å²) in [6.45, 7) is 2.82. The molecule has 2 atom stereocenters. The van der Waals surface area contributed by atoms with E-state index in [1.165, 1.54) is 4.90 Å². The van der Waals surface area contributed by atoms with Crippen molar-refractivity contribution in [3.63, 3.8) is 0 Å². The molecule has 2 fully saturated rings. The number of carbonyl (C=O) groups excluding carboxylic acids is 5. The molecule has 3 rings (SSSR count). The summed E-state index contributed by atoms with van der Waals surface area (Å²) in [4.78, 5) is 63.4. The quantitative estimate of drug-likeness (QED) is 0.310. The van der Waals surface area contributed by atoms with E-state index in [0.717, 1.165) is 29.7 Å². The van der Waals surface area contributed by atoms with Crippen LogP contribution < -0.4 is 16.0 Å². The standard InChI is InChI=1S/C18H25N5O5/c1-2-22-8-9-23(17(27)16(22)26)18(28)21-13(11-6-4-3-5-7-11)15(25)20-12-10-19-14(12)24/h6,12-13H,2-5,7-10H2,1H3,(H,19,24)(H,20,25)(H,21,28). The number of hydrogen-bond acceptors (Lipinski definition) is 5. The Hall–Kier alpha value is -2.91. The molecule has 152 valence electrons. The van der Waals surface area contributed by atoms with Gasteiger partial charge in [-0.3, -0.25) is 24.1 Å². The maximum Gasteiger partial charge on any atom is 0.325 e. The maximum absolute atomic E-state index is 12.7. The second kappa shape index (κ2) is 8.41. The number of likely N-dealkylation sites (N-methyl/N-ethyl adjacent to an activating group) is 1. The number of amides is 6. The molecule has 3 aliphatic rings. The number of β-lactam (4-membered cyclic amide) rings is 1. The number of allylic oxidation sites excluding steroid dienone is 1. The SMILES string of the molecule is CCN1CCN(C(=O)NC(C(=O)NC2CNC2=O)C2=CCCCC2)C(=O)C1=O. The molecule has 2 heterocycles. The average molecular weight is 391 g/mol. The van der Waals surface area contributed by atoms with E-state index in [2.05, 4.69) is 16.0 Å². The molecule has 10 heteroatoms. The van der Waals surface area contributed by atoms with Gasteiger partial charge in [0.1, 0.15) is 12.1 Å². The Balaban J connectivity index is 1.71. The van der Waals surface area contributed by atoms with Crippen molar-refractivity contribution in [2.75, 3.05) is 26.2 Å². The van der Waals surface area contributed by atoms with E-state index >= 15 is 0 Å². The first-order valence-corrected chi connectivity index (χ1v) is 9.60. The number of urea groups is 1. The number of rotatable bonds is 5. The van der Waals surface area contributed by atoms with Gasteiger partial charge in [-0.05, 0) is 38.2 Å². The van der Waals surface area contributed by atoms with Gasteiger partial charge in [0.2, 0.25) is 11.8 Å². The molecule has 0 radical (unpaired) electrons. The largest absolute Gasteiger partial charge is 0.352 e. The van der Waals surface area contributed by atoms with Crippen LogP contribution in [-0.2, 0) is 19.2 Å². The van der Waals surface area contributed by atoms with Gasteiger partial charge in [-0.2, -0.15) is 0 Å². The maximum atomic E-state index is 12.7. The Labute approximate surface area is 162 Å². The van der Waals surface area contributed by atoms with Gasteiger partial charge in [-0.1, -0.05) is 6.08 Å². The Morgan fingerprint density at radius 3 is 2.57 bits per heavy atom. The Bertz CT molecular complexity index is 734. The highest BCUT2D eigenvalue weighted by Gasteiger charge is 2.38. The fraction of sp³-hybridized carbons (Fsp3) is 0.611. The van der Waals surface area contributed by atoms with Gasteiger partial charge < -0.3 is 20.9 Å². The third-order valence-corrected chi connectivity index (χ3v) is 5.28. The van der Waals surface area contributed by atoms with Crippen LogP contribution in [0, 0.1) is 0 Å². The molecule has 0 aromatic heterocycles. The number of hydrogen-bond donors (Lipinski definition) is 3. The van der Waals surface area contributed by atoms with Crippen LogP contribution in [0.2, 0.25) is 0 Å². The minimum Gasteiger partial charge on any atom is -0.352 e. The summed E-state index contributed by atoms with van der Waals surface area (Å²) in [7, 11) is 0. The second-order valence-electron chi connectivity index (χ2n) is 7.06. The van der Waals surface area contributed by atoms with Crippen LogP contribution >= 0.6 is 0 Å². The summed E-state index contributed by atoms with van der Waals surface area (Å²) in [5, 5.41) is 7.76. The lowest BCUT2D eigenvalue weighted by Gasteiger charge is -2.34. The highest BCUT2D eigenvalue weighted by atomic mass is 16.2. The first-order valence-electron chi connectivity index (χ1n) is 9.60. The minimum atomic E-state index is -0.978. The molecule has 0 aromatic rings. The summed E-state index contributed by atoms with van der Waals surface area (Å²) < 4.78 is 0. The fourth-order valence-electron chi connectivity index (χ4n) is 3.48. The predicted octanol–water partition coefficient (Wildman–Crippen LogP) is -1.13. The van der Waals surface area contributed by atoms with E-state index in [1.807, 2.05) is 6.08 Å². The third-order valence-electron chi connectivity index (χ3n) is 5.28. The number of carbonyl (C=O) groups is 5. The smallest absolute Gasteiger partial charge is 0.325 e. The molecule has 6 amide bonds. The molecule has 0 aromatic carbocycles. The van der Waals surface area contributed by atoms with Crippen molar-refractivity contribution in [2.24, 2.45) is 0 Å². The van der Waals surface area contributed by atoms with E-state index in [1.54, 1.807) is 6.92 Å².